The molecule has 2 aromatic rings. The zero-order valence-electron chi connectivity index (χ0n) is 16.5. The molecule has 27 heavy (non-hydrogen) atoms. The number of amides is 1. The summed E-state index contributed by atoms with van der Waals surface area (Å²) in [5.41, 5.74) is 2.04. The Morgan fingerprint density at radius 1 is 0.963 bits per heavy atom. The minimum Gasteiger partial charge on any atom is -0.353 e. The van der Waals surface area contributed by atoms with E-state index in [0.29, 0.717) is 5.91 Å². The molecule has 7 nitrogen and oxygen atoms in total. The lowest BCUT2D eigenvalue weighted by Gasteiger charge is -2.36. The van der Waals surface area contributed by atoms with Crippen molar-refractivity contribution in [2.24, 2.45) is 5.92 Å². The lowest BCUT2D eigenvalue weighted by atomic mass is 10.1. The molecule has 3 heterocycles. The van der Waals surface area contributed by atoms with Crippen molar-refractivity contribution in [2.45, 2.75) is 46.5 Å². The Hall–Kier alpha value is -2.44. The second-order valence-electron chi connectivity index (χ2n) is 7.76. The van der Waals surface area contributed by atoms with Crippen LogP contribution in [-0.4, -0.2) is 56.7 Å². The SMILES string of the molecule is Cc1cc(C)n(-c2cc(N3CCN(C(=O)C4CCCC4)CC3)nc(C)n2)n1. The molecule has 0 N–H and O–H groups in total. The van der Waals surface area contributed by atoms with E-state index >= 15 is 0 Å². The van der Waals surface area contributed by atoms with Crippen LogP contribution in [-0.2, 0) is 4.79 Å². The minimum atomic E-state index is 0.260. The summed E-state index contributed by atoms with van der Waals surface area (Å²) in [5, 5.41) is 4.54. The Morgan fingerprint density at radius 3 is 2.26 bits per heavy atom. The third kappa shape index (κ3) is 3.68. The van der Waals surface area contributed by atoms with Crippen LogP contribution >= 0.6 is 0 Å². The van der Waals surface area contributed by atoms with Gasteiger partial charge in [-0.2, -0.15) is 5.10 Å². The number of piperazine rings is 1. The number of anilines is 1. The maximum atomic E-state index is 12.6. The number of rotatable bonds is 3. The molecule has 1 aliphatic heterocycles. The number of carbonyl (C=O) groups excluding carboxylic acids is 1. The molecule has 1 saturated heterocycles. The molecule has 1 aliphatic carbocycles. The first-order chi connectivity index (χ1) is 13.0. The highest BCUT2D eigenvalue weighted by Gasteiger charge is 2.29. The fraction of sp³-hybridized carbons (Fsp3) is 0.600. The first-order valence-corrected chi connectivity index (χ1v) is 9.94. The molecule has 0 radical (unpaired) electrons. The van der Waals surface area contributed by atoms with Gasteiger partial charge in [-0.25, -0.2) is 14.6 Å². The molecule has 4 rings (SSSR count). The second kappa shape index (κ2) is 7.29. The van der Waals surface area contributed by atoms with Gasteiger partial charge in [0.2, 0.25) is 5.91 Å². The van der Waals surface area contributed by atoms with Crippen molar-refractivity contribution in [1.29, 1.82) is 0 Å². The Morgan fingerprint density at radius 2 is 1.63 bits per heavy atom. The van der Waals surface area contributed by atoms with Gasteiger partial charge >= 0.3 is 0 Å². The Labute approximate surface area is 160 Å². The van der Waals surface area contributed by atoms with Crippen molar-refractivity contribution in [1.82, 2.24) is 24.6 Å². The van der Waals surface area contributed by atoms with Crippen LogP contribution in [0.2, 0.25) is 0 Å². The fourth-order valence-corrected chi connectivity index (χ4v) is 4.25. The fourth-order valence-electron chi connectivity index (χ4n) is 4.25. The van der Waals surface area contributed by atoms with Crippen molar-refractivity contribution in [3.05, 3.63) is 29.3 Å². The lowest BCUT2D eigenvalue weighted by Crippen LogP contribution is -2.50. The monoisotopic (exact) mass is 368 g/mol. The van der Waals surface area contributed by atoms with Crippen LogP contribution in [0, 0.1) is 26.7 Å². The van der Waals surface area contributed by atoms with E-state index in [0.717, 1.165) is 67.9 Å². The molecule has 2 aromatic heterocycles. The quantitative estimate of drug-likeness (QED) is 0.832. The van der Waals surface area contributed by atoms with E-state index in [1.54, 1.807) is 0 Å². The molecule has 0 aromatic carbocycles. The maximum absolute atomic E-state index is 12.6. The Bertz CT molecular complexity index is 831. The summed E-state index contributed by atoms with van der Waals surface area (Å²) in [4.78, 5) is 26.1. The predicted molar refractivity (Wildman–Crippen MR) is 104 cm³/mol. The van der Waals surface area contributed by atoms with Gasteiger partial charge in [0.15, 0.2) is 5.82 Å². The number of aryl methyl sites for hydroxylation is 3. The predicted octanol–water partition coefficient (Wildman–Crippen LogP) is 2.43. The lowest BCUT2D eigenvalue weighted by molar-refractivity contribution is -0.135. The van der Waals surface area contributed by atoms with Crippen LogP contribution in [0.4, 0.5) is 5.82 Å². The first kappa shape index (κ1) is 17.9. The first-order valence-electron chi connectivity index (χ1n) is 9.94. The van der Waals surface area contributed by atoms with Gasteiger partial charge in [-0.15, -0.1) is 0 Å². The highest BCUT2D eigenvalue weighted by molar-refractivity contribution is 5.79. The van der Waals surface area contributed by atoms with Crippen LogP contribution in [0.5, 0.6) is 0 Å². The molecule has 0 atom stereocenters. The third-order valence-corrected chi connectivity index (χ3v) is 5.66. The zero-order chi connectivity index (χ0) is 19.0. The van der Waals surface area contributed by atoms with Crippen LogP contribution in [0.3, 0.4) is 0 Å². The summed E-state index contributed by atoms with van der Waals surface area (Å²) < 4.78 is 1.87. The van der Waals surface area contributed by atoms with E-state index in [9.17, 15) is 4.79 Å². The summed E-state index contributed by atoms with van der Waals surface area (Å²) >= 11 is 0. The molecule has 144 valence electrons. The minimum absolute atomic E-state index is 0.260. The average Bonchev–Trinajstić information content (AvgIpc) is 3.30. The van der Waals surface area contributed by atoms with Crippen molar-refractivity contribution in [3.63, 3.8) is 0 Å². The molecule has 2 fully saturated rings. The molecular formula is C20H28N6O. The molecule has 1 saturated carbocycles. The van der Waals surface area contributed by atoms with E-state index in [1.165, 1.54) is 12.8 Å². The van der Waals surface area contributed by atoms with Gasteiger partial charge in [0, 0.05) is 43.9 Å². The van der Waals surface area contributed by atoms with Crippen LogP contribution in [0.1, 0.15) is 42.9 Å². The van der Waals surface area contributed by atoms with E-state index in [1.807, 2.05) is 42.5 Å². The number of aromatic nitrogens is 4. The van der Waals surface area contributed by atoms with Crippen molar-refractivity contribution < 1.29 is 4.79 Å². The van der Waals surface area contributed by atoms with Crippen LogP contribution in [0.25, 0.3) is 5.82 Å². The number of hydrogen-bond donors (Lipinski definition) is 0. The summed E-state index contributed by atoms with van der Waals surface area (Å²) in [5.74, 6) is 3.06. The zero-order valence-corrected chi connectivity index (χ0v) is 16.5. The maximum Gasteiger partial charge on any atom is 0.225 e. The van der Waals surface area contributed by atoms with Gasteiger partial charge in [-0.05, 0) is 39.7 Å². The van der Waals surface area contributed by atoms with Crippen LogP contribution < -0.4 is 4.90 Å². The van der Waals surface area contributed by atoms with Crippen molar-refractivity contribution >= 4 is 11.7 Å². The van der Waals surface area contributed by atoms with Gasteiger partial charge in [-0.3, -0.25) is 4.79 Å². The van der Waals surface area contributed by atoms with Crippen molar-refractivity contribution in [2.75, 3.05) is 31.1 Å². The smallest absolute Gasteiger partial charge is 0.225 e. The number of carbonyl (C=O) groups is 1. The average molecular weight is 368 g/mol. The van der Waals surface area contributed by atoms with E-state index in [-0.39, 0.29) is 5.92 Å². The van der Waals surface area contributed by atoms with E-state index < -0.39 is 0 Å². The van der Waals surface area contributed by atoms with E-state index in [2.05, 4.69) is 20.0 Å². The topological polar surface area (TPSA) is 67.2 Å². The molecule has 0 spiro atoms. The van der Waals surface area contributed by atoms with Gasteiger partial charge in [0.25, 0.3) is 0 Å². The standard InChI is InChI=1S/C20H28N6O/c1-14-12-15(2)26(23-14)19-13-18(21-16(3)22-19)24-8-10-25(11-9-24)20(27)17-6-4-5-7-17/h12-13,17H,4-11H2,1-3H3. The largest absolute Gasteiger partial charge is 0.353 e. The molecule has 1 amide bonds. The molecular weight excluding hydrogens is 340 g/mol. The highest BCUT2D eigenvalue weighted by atomic mass is 16.2. The Balaban J connectivity index is 1.48. The molecule has 2 aliphatic rings. The normalized spacial score (nSPS) is 18.3. The summed E-state index contributed by atoms with van der Waals surface area (Å²) in [6.45, 7) is 9.10. The van der Waals surface area contributed by atoms with Gasteiger partial charge in [-0.1, -0.05) is 12.8 Å². The summed E-state index contributed by atoms with van der Waals surface area (Å²) in [6, 6.07) is 4.05. The molecule has 0 bridgehead atoms. The summed E-state index contributed by atoms with van der Waals surface area (Å²) in [7, 11) is 0. The van der Waals surface area contributed by atoms with E-state index in [4.69, 9.17) is 0 Å². The van der Waals surface area contributed by atoms with Crippen molar-refractivity contribution in [3.8, 4) is 5.82 Å². The Kier molecular flexibility index (Phi) is 4.85. The molecule has 7 heteroatoms. The number of nitrogens with zero attached hydrogens (tertiary/aromatic N) is 6. The van der Waals surface area contributed by atoms with Gasteiger partial charge in [0.1, 0.15) is 11.6 Å². The molecule has 0 unspecified atom stereocenters. The van der Waals surface area contributed by atoms with Gasteiger partial charge < -0.3 is 9.80 Å². The summed E-state index contributed by atoms with van der Waals surface area (Å²) in [6.07, 6.45) is 4.53. The number of hydrogen-bond acceptors (Lipinski definition) is 5. The van der Waals surface area contributed by atoms with Gasteiger partial charge in [0.05, 0.1) is 5.69 Å². The highest BCUT2D eigenvalue weighted by Crippen LogP contribution is 2.27. The third-order valence-electron chi connectivity index (χ3n) is 5.66. The second-order valence-corrected chi connectivity index (χ2v) is 7.76. The van der Waals surface area contributed by atoms with Crippen LogP contribution in [0.15, 0.2) is 12.1 Å².